The quantitative estimate of drug-likeness (QED) is 0.454. The highest BCUT2D eigenvalue weighted by atomic mass is 16.5. The monoisotopic (exact) mass is 278 g/mol. The number of hydrogen-bond donors (Lipinski definition) is 0. The predicted octanol–water partition coefficient (Wildman–Crippen LogP) is 4.47. The van der Waals surface area contributed by atoms with E-state index in [9.17, 15) is 10.4 Å². The van der Waals surface area contributed by atoms with Crippen molar-refractivity contribution in [2.75, 3.05) is 0 Å². The third kappa shape index (κ3) is 5.34. The summed E-state index contributed by atoms with van der Waals surface area (Å²) in [6, 6.07) is 6.22. The van der Waals surface area contributed by atoms with Gasteiger partial charge in [0, 0.05) is 24.3 Å². The summed E-state index contributed by atoms with van der Waals surface area (Å²) >= 11 is 0. The zero-order valence-corrected chi connectivity index (χ0v) is 12.9. The molecule has 0 bridgehead atoms. The highest BCUT2D eigenvalue weighted by molar-refractivity contribution is 5.39. The van der Waals surface area contributed by atoms with Crippen LogP contribution in [0.25, 0.3) is 0 Å². The smallest absolute Gasteiger partial charge is 0.244 e. The fourth-order valence-electron chi connectivity index (χ4n) is 1.37. The molecule has 0 fully saturated rings. The molecule has 6 heteroatoms. The Morgan fingerprint density at radius 1 is 0.700 bits per heavy atom. The van der Waals surface area contributed by atoms with Gasteiger partial charge < -0.3 is 10.4 Å². The zero-order chi connectivity index (χ0) is 15.6. The van der Waals surface area contributed by atoms with Crippen LogP contribution in [-0.4, -0.2) is 20.8 Å². The average Bonchev–Trinajstić information content (AvgIpc) is 2.24. The van der Waals surface area contributed by atoms with Gasteiger partial charge in [-0.15, -0.1) is 0 Å². The molecule has 0 aliphatic carbocycles. The minimum Gasteiger partial charge on any atom is -0.594 e. The number of benzene rings is 1. The Kier molecular flexibility index (Phi) is 4.47. The van der Waals surface area contributed by atoms with Crippen molar-refractivity contribution >= 4 is 11.4 Å². The molecule has 1 rings (SSSR count). The number of nitrogens with zero attached hydrogens (tertiary/aromatic N) is 4. The van der Waals surface area contributed by atoms with Gasteiger partial charge in [-0.2, -0.15) is 0 Å². The van der Waals surface area contributed by atoms with Crippen LogP contribution in [0.5, 0.6) is 0 Å². The van der Waals surface area contributed by atoms with Crippen LogP contribution in [0.1, 0.15) is 41.5 Å². The lowest BCUT2D eigenvalue weighted by molar-refractivity contribution is -0.453. The zero-order valence-electron chi connectivity index (χ0n) is 12.9. The van der Waals surface area contributed by atoms with Crippen LogP contribution in [0.4, 0.5) is 11.4 Å². The van der Waals surface area contributed by atoms with Gasteiger partial charge in [-0.25, -0.2) is 0 Å². The van der Waals surface area contributed by atoms with Crippen LogP contribution >= 0.6 is 0 Å². The lowest BCUT2D eigenvalue weighted by Gasteiger charge is -2.10. The summed E-state index contributed by atoms with van der Waals surface area (Å²) < 4.78 is 0. The molecule has 0 aliphatic heterocycles. The maximum atomic E-state index is 11.8. The van der Waals surface area contributed by atoms with Crippen LogP contribution in [0.3, 0.4) is 0 Å². The highest BCUT2D eigenvalue weighted by Crippen LogP contribution is 2.21. The van der Waals surface area contributed by atoms with E-state index in [0.717, 1.165) is 0 Å². The first-order chi connectivity index (χ1) is 8.98. The van der Waals surface area contributed by atoms with Crippen molar-refractivity contribution in [2.45, 2.75) is 52.6 Å². The minimum atomic E-state index is -0.452. The number of azo groups is 2. The van der Waals surface area contributed by atoms with Gasteiger partial charge in [-0.05, 0) is 51.8 Å². The maximum absolute atomic E-state index is 11.8. The molecule has 0 amide bonds. The molecule has 1 aromatic rings. The van der Waals surface area contributed by atoms with E-state index in [1.54, 1.807) is 24.3 Å². The molecule has 0 saturated carbocycles. The lowest BCUT2D eigenvalue weighted by atomic mass is 10.1. The van der Waals surface area contributed by atoms with Gasteiger partial charge in [-0.3, -0.25) is 0 Å². The summed E-state index contributed by atoms with van der Waals surface area (Å²) in [5.41, 5.74) is -0.139. The van der Waals surface area contributed by atoms with Crippen LogP contribution in [0, 0.1) is 10.4 Å². The Morgan fingerprint density at radius 3 is 1.15 bits per heavy atom. The number of rotatable bonds is 2. The van der Waals surface area contributed by atoms with E-state index >= 15 is 0 Å². The molecular weight excluding hydrogens is 256 g/mol. The molecular formula is C14H22N4O2. The van der Waals surface area contributed by atoms with Gasteiger partial charge in [0.15, 0.2) is 0 Å². The van der Waals surface area contributed by atoms with Crippen molar-refractivity contribution < 1.29 is 9.72 Å². The van der Waals surface area contributed by atoms with E-state index in [0.29, 0.717) is 21.1 Å². The van der Waals surface area contributed by atoms with E-state index in [2.05, 4.69) is 10.2 Å². The Labute approximate surface area is 119 Å². The van der Waals surface area contributed by atoms with Crippen LogP contribution in [0.15, 0.2) is 34.5 Å². The summed E-state index contributed by atoms with van der Waals surface area (Å²) in [5, 5.41) is 31.6. The van der Waals surface area contributed by atoms with Gasteiger partial charge in [-0.1, -0.05) is 9.72 Å². The van der Waals surface area contributed by atoms with E-state index in [4.69, 9.17) is 0 Å². The second-order valence-electron chi connectivity index (χ2n) is 6.60. The highest BCUT2D eigenvalue weighted by Gasteiger charge is 2.17. The molecule has 0 N–H and O–H groups in total. The van der Waals surface area contributed by atoms with Crippen molar-refractivity contribution in [1.82, 2.24) is 0 Å². The van der Waals surface area contributed by atoms with Gasteiger partial charge in [0.05, 0.1) is 0 Å². The van der Waals surface area contributed by atoms with E-state index in [-0.39, 0.29) is 0 Å². The third-order valence-corrected chi connectivity index (χ3v) is 2.07. The number of hydrogen-bond acceptors (Lipinski definition) is 4. The molecule has 0 saturated heterocycles. The largest absolute Gasteiger partial charge is 0.594 e. The summed E-state index contributed by atoms with van der Waals surface area (Å²) in [6.45, 7) is 11.0. The summed E-state index contributed by atoms with van der Waals surface area (Å²) in [6.07, 6.45) is 0. The van der Waals surface area contributed by atoms with Gasteiger partial charge in [0.25, 0.3) is 0 Å². The van der Waals surface area contributed by atoms with Crippen molar-refractivity contribution in [2.24, 2.45) is 10.2 Å². The fraction of sp³-hybridized carbons (Fsp3) is 0.571. The Morgan fingerprint density at radius 2 is 0.950 bits per heavy atom. The molecule has 0 atom stereocenters. The topological polar surface area (TPSA) is 76.9 Å². The van der Waals surface area contributed by atoms with Crippen LogP contribution in [0.2, 0.25) is 0 Å². The molecule has 0 aromatic heterocycles. The second-order valence-corrected chi connectivity index (χ2v) is 6.60. The minimum absolute atomic E-state index is 0.382. The van der Waals surface area contributed by atoms with Crippen LogP contribution in [-0.2, 0) is 0 Å². The Balaban J connectivity index is 3.01. The van der Waals surface area contributed by atoms with Gasteiger partial charge in [0.2, 0.25) is 11.4 Å². The second kappa shape index (κ2) is 5.56. The molecule has 6 nitrogen and oxygen atoms in total. The maximum Gasteiger partial charge on any atom is 0.244 e. The average molecular weight is 278 g/mol. The lowest BCUT2D eigenvalue weighted by Crippen LogP contribution is -2.13. The fourth-order valence-corrected chi connectivity index (χ4v) is 1.37. The molecule has 110 valence electrons. The first-order valence-corrected chi connectivity index (χ1v) is 6.48. The third-order valence-electron chi connectivity index (χ3n) is 2.07. The normalized spacial score (nSPS) is 14.5. The van der Waals surface area contributed by atoms with Gasteiger partial charge in [0.1, 0.15) is 11.1 Å². The molecule has 0 unspecified atom stereocenters. The van der Waals surface area contributed by atoms with E-state index < -0.39 is 11.1 Å². The van der Waals surface area contributed by atoms with Crippen LogP contribution < -0.4 is 0 Å². The SMILES string of the molecule is CC(C)(C)N=[N+]([O-])c1ccc([N+]([O-])=NC(C)(C)C)cc1. The molecule has 1 aromatic carbocycles. The Bertz CT molecular complexity index is 471. The van der Waals surface area contributed by atoms with Gasteiger partial charge >= 0.3 is 0 Å². The van der Waals surface area contributed by atoms with Crippen molar-refractivity contribution in [3.8, 4) is 0 Å². The van der Waals surface area contributed by atoms with Crippen molar-refractivity contribution in [3.05, 3.63) is 34.7 Å². The van der Waals surface area contributed by atoms with E-state index in [1.165, 1.54) is 0 Å². The summed E-state index contributed by atoms with van der Waals surface area (Å²) in [5.74, 6) is 0. The standard InChI is InChI=1S/C14H22N4O2/c1-13(2,3)15-17(19)11-7-9-12(10-8-11)18(20)16-14(4,5)6/h7-10H,1-6H3. The van der Waals surface area contributed by atoms with Crippen molar-refractivity contribution in [3.63, 3.8) is 0 Å². The molecule has 0 aliphatic rings. The molecule has 0 spiro atoms. The Hall–Kier alpha value is -1.98. The predicted molar refractivity (Wildman–Crippen MR) is 77.4 cm³/mol. The first-order valence-electron chi connectivity index (χ1n) is 6.48. The molecule has 20 heavy (non-hydrogen) atoms. The summed E-state index contributed by atoms with van der Waals surface area (Å²) in [7, 11) is 0. The molecule has 0 heterocycles. The molecule has 0 radical (unpaired) electrons. The van der Waals surface area contributed by atoms with Crippen molar-refractivity contribution in [1.29, 1.82) is 0 Å². The summed E-state index contributed by atoms with van der Waals surface area (Å²) in [4.78, 5) is 1.14. The first kappa shape index (κ1) is 16.1. The van der Waals surface area contributed by atoms with E-state index in [1.807, 2.05) is 41.5 Å².